The number of hydrogen-bond acceptors (Lipinski definition) is 5. The van der Waals surface area contributed by atoms with Gasteiger partial charge in [-0.25, -0.2) is 4.79 Å². The molecule has 0 atom stereocenters. The molecule has 2 aromatic carbocycles. The average molecular weight is 384 g/mol. The fourth-order valence-electron chi connectivity index (χ4n) is 2.15. The van der Waals surface area contributed by atoms with Crippen LogP contribution in [-0.2, 0) is 9.53 Å². The summed E-state index contributed by atoms with van der Waals surface area (Å²) in [6, 6.07) is 13.5. The highest BCUT2D eigenvalue weighted by molar-refractivity contribution is 6.31. The molecular formula is C20H18ClN3O3. The number of benzene rings is 2. The topological polar surface area (TPSA) is 91.2 Å². The molecule has 0 saturated heterocycles. The summed E-state index contributed by atoms with van der Waals surface area (Å²) in [4.78, 5) is 23.9. The third kappa shape index (κ3) is 5.33. The van der Waals surface area contributed by atoms with Crippen LogP contribution in [0.25, 0.3) is 0 Å². The van der Waals surface area contributed by atoms with Crippen LogP contribution < -0.4 is 10.6 Å². The van der Waals surface area contributed by atoms with Gasteiger partial charge in [-0.3, -0.25) is 4.79 Å². The third-order valence-electron chi connectivity index (χ3n) is 3.66. The van der Waals surface area contributed by atoms with E-state index in [1.165, 1.54) is 6.20 Å². The Hall–Kier alpha value is -3.30. The number of halogens is 1. The van der Waals surface area contributed by atoms with Crippen molar-refractivity contribution >= 4 is 34.9 Å². The van der Waals surface area contributed by atoms with Gasteiger partial charge in [-0.15, -0.1) is 0 Å². The van der Waals surface area contributed by atoms with E-state index in [0.29, 0.717) is 34.1 Å². The Morgan fingerprint density at radius 3 is 2.56 bits per heavy atom. The molecule has 0 bridgehead atoms. The summed E-state index contributed by atoms with van der Waals surface area (Å²) in [6.45, 7) is 3.81. The molecule has 0 aliphatic heterocycles. The van der Waals surface area contributed by atoms with Gasteiger partial charge < -0.3 is 15.4 Å². The number of amides is 1. The van der Waals surface area contributed by atoms with Crippen LogP contribution in [0.5, 0.6) is 0 Å². The maximum absolute atomic E-state index is 12.3. The first-order valence-electron chi connectivity index (χ1n) is 8.16. The smallest absolute Gasteiger partial charge is 0.338 e. The molecule has 0 fully saturated rings. The van der Waals surface area contributed by atoms with E-state index in [0.717, 1.165) is 0 Å². The highest BCUT2D eigenvalue weighted by Gasteiger charge is 2.12. The normalized spacial score (nSPS) is 10.7. The van der Waals surface area contributed by atoms with E-state index >= 15 is 0 Å². The van der Waals surface area contributed by atoms with Crippen LogP contribution in [0.15, 0.2) is 54.2 Å². The van der Waals surface area contributed by atoms with Gasteiger partial charge in [0, 0.05) is 22.6 Å². The van der Waals surface area contributed by atoms with E-state index in [2.05, 4.69) is 10.6 Å². The van der Waals surface area contributed by atoms with Crippen molar-refractivity contribution in [2.75, 3.05) is 17.2 Å². The van der Waals surface area contributed by atoms with E-state index in [4.69, 9.17) is 16.3 Å². The number of ether oxygens (including phenoxy) is 1. The van der Waals surface area contributed by atoms with Crippen molar-refractivity contribution < 1.29 is 14.3 Å². The average Bonchev–Trinajstić information content (AvgIpc) is 2.66. The van der Waals surface area contributed by atoms with Gasteiger partial charge in [0.2, 0.25) is 0 Å². The Kier molecular flexibility index (Phi) is 6.98. The number of carbonyl (C=O) groups is 2. The molecule has 0 heterocycles. The Morgan fingerprint density at radius 2 is 1.93 bits per heavy atom. The monoisotopic (exact) mass is 383 g/mol. The molecule has 2 rings (SSSR count). The minimum atomic E-state index is -0.557. The molecule has 0 spiro atoms. The zero-order chi connectivity index (χ0) is 19.8. The van der Waals surface area contributed by atoms with Crippen molar-refractivity contribution in [2.24, 2.45) is 0 Å². The first-order valence-corrected chi connectivity index (χ1v) is 8.54. The quantitative estimate of drug-likeness (QED) is 0.441. The summed E-state index contributed by atoms with van der Waals surface area (Å²) in [7, 11) is 0. The molecule has 0 unspecified atom stereocenters. The van der Waals surface area contributed by atoms with Crippen molar-refractivity contribution in [2.45, 2.75) is 13.8 Å². The summed E-state index contributed by atoms with van der Waals surface area (Å²) >= 11 is 6.03. The van der Waals surface area contributed by atoms with Crippen molar-refractivity contribution in [3.8, 4) is 6.07 Å². The number of esters is 1. The largest absolute Gasteiger partial charge is 0.462 e. The highest BCUT2D eigenvalue weighted by Crippen LogP contribution is 2.23. The summed E-state index contributed by atoms with van der Waals surface area (Å²) in [5, 5.41) is 15.3. The van der Waals surface area contributed by atoms with Crippen LogP contribution in [-0.4, -0.2) is 18.5 Å². The minimum Gasteiger partial charge on any atom is -0.462 e. The maximum Gasteiger partial charge on any atom is 0.338 e. The lowest BCUT2D eigenvalue weighted by atomic mass is 10.2. The maximum atomic E-state index is 12.3. The number of carbonyl (C=O) groups excluding carboxylic acids is 2. The van der Waals surface area contributed by atoms with Gasteiger partial charge in [0.15, 0.2) is 0 Å². The van der Waals surface area contributed by atoms with Crippen LogP contribution in [0.2, 0.25) is 5.02 Å². The van der Waals surface area contributed by atoms with Crippen LogP contribution in [0.1, 0.15) is 22.8 Å². The Labute approximate surface area is 162 Å². The fourth-order valence-corrected chi connectivity index (χ4v) is 2.33. The number of hydrogen-bond donors (Lipinski definition) is 2. The Morgan fingerprint density at radius 1 is 1.22 bits per heavy atom. The fraction of sp³-hybridized carbons (Fsp3) is 0.150. The van der Waals surface area contributed by atoms with Crippen LogP contribution >= 0.6 is 11.6 Å². The second-order valence-electron chi connectivity index (χ2n) is 5.48. The molecule has 6 nitrogen and oxygen atoms in total. The number of nitriles is 1. The molecule has 0 saturated carbocycles. The number of nitrogens with zero attached hydrogens (tertiary/aromatic N) is 1. The Bertz CT molecular complexity index is 915. The van der Waals surface area contributed by atoms with E-state index < -0.39 is 11.9 Å². The highest BCUT2D eigenvalue weighted by atomic mass is 35.5. The molecule has 7 heteroatoms. The summed E-state index contributed by atoms with van der Waals surface area (Å²) in [6.07, 6.45) is 1.30. The van der Waals surface area contributed by atoms with Crippen LogP contribution in [0.4, 0.5) is 11.4 Å². The summed E-state index contributed by atoms with van der Waals surface area (Å²) in [5.74, 6) is -0.966. The predicted octanol–water partition coefficient (Wildman–Crippen LogP) is 4.28. The zero-order valence-corrected chi connectivity index (χ0v) is 15.6. The van der Waals surface area contributed by atoms with Crippen molar-refractivity contribution in [3.05, 3.63) is 70.4 Å². The van der Waals surface area contributed by atoms with Gasteiger partial charge in [0.25, 0.3) is 5.91 Å². The van der Waals surface area contributed by atoms with Gasteiger partial charge in [0.05, 0.1) is 12.2 Å². The zero-order valence-electron chi connectivity index (χ0n) is 14.9. The predicted molar refractivity (Wildman–Crippen MR) is 105 cm³/mol. The van der Waals surface area contributed by atoms with E-state index in [9.17, 15) is 14.9 Å². The van der Waals surface area contributed by atoms with Gasteiger partial charge in [0.1, 0.15) is 11.6 Å². The summed E-state index contributed by atoms with van der Waals surface area (Å²) in [5.41, 5.74) is 2.17. The SMILES string of the molecule is CCOC(=O)c1ccc(N/C=C(/C#N)C(=O)Nc2cccc(Cl)c2C)cc1. The molecule has 138 valence electrons. The lowest BCUT2D eigenvalue weighted by molar-refractivity contribution is -0.112. The van der Waals surface area contributed by atoms with Crippen LogP contribution in [0.3, 0.4) is 0 Å². The van der Waals surface area contributed by atoms with E-state index in [1.807, 2.05) is 6.07 Å². The van der Waals surface area contributed by atoms with Crippen molar-refractivity contribution in [3.63, 3.8) is 0 Å². The number of anilines is 2. The molecule has 0 aliphatic rings. The first kappa shape index (κ1) is 20.0. The minimum absolute atomic E-state index is 0.108. The molecule has 27 heavy (non-hydrogen) atoms. The van der Waals surface area contributed by atoms with E-state index in [1.54, 1.807) is 56.3 Å². The molecule has 1 amide bonds. The second kappa shape index (κ2) is 9.41. The Balaban J connectivity index is 2.07. The van der Waals surface area contributed by atoms with Gasteiger partial charge in [-0.1, -0.05) is 17.7 Å². The van der Waals surface area contributed by atoms with Crippen LogP contribution in [0, 0.1) is 18.3 Å². The molecule has 0 aliphatic carbocycles. The summed E-state index contributed by atoms with van der Waals surface area (Å²) < 4.78 is 4.91. The number of nitrogens with one attached hydrogen (secondary N) is 2. The van der Waals surface area contributed by atoms with Crippen molar-refractivity contribution in [1.29, 1.82) is 5.26 Å². The van der Waals surface area contributed by atoms with E-state index in [-0.39, 0.29) is 5.57 Å². The second-order valence-corrected chi connectivity index (χ2v) is 5.89. The lowest BCUT2D eigenvalue weighted by Gasteiger charge is -2.09. The van der Waals surface area contributed by atoms with Gasteiger partial charge in [-0.2, -0.15) is 5.26 Å². The number of rotatable bonds is 6. The molecule has 2 N–H and O–H groups in total. The third-order valence-corrected chi connectivity index (χ3v) is 4.07. The van der Waals surface area contributed by atoms with Gasteiger partial charge >= 0.3 is 5.97 Å². The van der Waals surface area contributed by atoms with Crippen molar-refractivity contribution in [1.82, 2.24) is 0 Å². The first-order chi connectivity index (χ1) is 13.0. The molecule has 2 aromatic rings. The van der Waals surface area contributed by atoms with Gasteiger partial charge in [-0.05, 0) is 55.8 Å². The molecule has 0 radical (unpaired) electrons. The molecular weight excluding hydrogens is 366 g/mol. The lowest BCUT2D eigenvalue weighted by Crippen LogP contribution is -2.15. The molecule has 0 aromatic heterocycles. The standard InChI is InChI=1S/C20H18ClN3O3/c1-3-27-20(26)14-7-9-16(10-8-14)23-12-15(11-22)19(25)24-18-6-4-5-17(21)13(18)2/h4-10,12,23H,3H2,1-2H3,(H,24,25)/b15-12-.